The Kier molecular flexibility index (Phi) is 7.19. The third kappa shape index (κ3) is 5.47. The molecular formula is C29H22F4N8O. The molecule has 0 radical (unpaired) electrons. The van der Waals surface area contributed by atoms with Gasteiger partial charge in [0.2, 0.25) is 0 Å². The Morgan fingerprint density at radius 3 is 2.45 bits per heavy atom. The molecule has 13 heteroatoms. The van der Waals surface area contributed by atoms with Gasteiger partial charge in [0.15, 0.2) is 0 Å². The van der Waals surface area contributed by atoms with E-state index < -0.39 is 28.9 Å². The highest BCUT2D eigenvalue weighted by Crippen LogP contribution is 2.34. The Morgan fingerprint density at radius 1 is 0.905 bits per heavy atom. The predicted octanol–water partition coefficient (Wildman–Crippen LogP) is 4.28. The summed E-state index contributed by atoms with van der Waals surface area (Å²) in [6, 6.07) is 13.3. The summed E-state index contributed by atoms with van der Waals surface area (Å²) in [6.45, 7) is -0.265. The van der Waals surface area contributed by atoms with Gasteiger partial charge in [-0.15, -0.1) is 0 Å². The molecule has 0 bridgehead atoms. The number of aromatic nitrogens is 7. The van der Waals surface area contributed by atoms with Gasteiger partial charge in [0.25, 0.3) is 0 Å². The lowest BCUT2D eigenvalue weighted by Crippen LogP contribution is -2.42. The molecule has 0 amide bonds. The molecule has 0 saturated carbocycles. The third-order valence-corrected chi connectivity index (χ3v) is 6.70. The van der Waals surface area contributed by atoms with E-state index in [1.807, 2.05) is 0 Å². The second kappa shape index (κ2) is 11.1. The number of benzene rings is 2. The van der Waals surface area contributed by atoms with Gasteiger partial charge < -0.3 is 10.4 Å². The first-order valence-corrected chi connectivity index (χ1v) is 12.8. The van der Waals surface area contributed by atoms with E-state index in [0.717, 1.165) is 6.07 Å². The summed E-state index contributed by atoms with van der Waals surface area (Å²) in [5.74, 6) is -2.23. The van der Waals surface area contributed by atoms with Crippen molar-refractivity contribution in [2.75, 3.05) is 6.54 Å². The topological polar surface area (TPSA) is 106 Å². The maximum absolute atomic E-state index is 14.7. The Labute approximate surface area is 236 Å². The third-order valence-electron chi connectivity index (χ3n) is 6.70. The monoisotopic (exact) mass is 574 g/mol. The number of fused-ring (bicyclic) bond motifs is 1. The Morgan fingerprint density at radius 2 is 1.69 bits per heavy atom. The molecule has 4 aromatic heterocycles. The van der Waals surface area contributed by atoms with Crippen molar-refractivity contribution in [1.82, 2.24) is 39.7 Å². The molecule has 0 spiro atoms. The van der Waals surface area contributed by atoms with E-state index in [0.29, 0.717) is 39.9 Å². The molecule has 0 aliphatic heterocycles. The smallest absolute Gasteiger partial charge is 0.142 e. The quantitative estimate of drug-likeness (QED) is 0.248. The zero-order valence-electron chi connectivity index (χ0n) is 21.8. The van der Waals surface area contributed by atoms with Crippen LogP contribution in [0.2, 0.25) is 0 Å². The molecule has 0 saturated heterocycles. The first kappa shape index (κ1) is 27.2. The molecule has 9 nitrogen and oxygen atoms in total. The molecule has 0 aliphatic carbocycles. The van der Waals surface area contributed by atoms with Crippen molar-refractivity contribution in [3.05, 3.63) is 120 Å². The van der Waals surface area contributed by atoms with Gasteiger partial charge in [0.1, 0.15) is 53.0 Å². The van der Waals surface area contributed by atoms with Crippen molar-refractivity contribution in [2.24, 2.45) is 0 Å². The number of nitrogens with zero attached hydrogens (tertiary/aromatic N) is 7. The summed E-state index contributed by atoms with van der Waals surface area (Å²) in [4.78, 5) is 12.8. The van der Waals surface area contributed by atoms with E-state index in [4.69, 9.17) is 0 Å². The first-order valence-electron chi connectivity index (χ1n) is 12.8. The minimum absolute atomic E-state index is 0.0655. The van der Waals surface area contributed by atoms with Gasteiger partial charge in [-0.1, -0.05) is 6.07 Å². The summed E-state index contributed by atoms with van der Waals surface area (Å²) in [5.41, 5.74) is 0.754. The van der Waals surface area contributed by atoms with Gasteiger partial charge in [0.05, 0.1) is 36.1 Å². The van der Waals surface area contributed by atoms with Crippen molar-refractivity contribution >= 4 is 5.52 Å². The highest BCUT2D eigenvalue weighted by Gasteiger charge is 2.33. The highest BCUT2D eigenvalue weighted by atomic mass is 19.1. The normalized spacial score (nSPS) is 13.0. The Bertz CT molecular complexity index is 1860. The zero-order valence-corrected chi connectivity index (χ0v) is 21.8. The van der Waals surface area contributed by atoms with Crippen molar-refractivity contribution < 1.29 is 22.7 Å². The number of hydrogen-bond acceptors (Lipinski definition) is 7. The minimum atomic E-state index is -1.83. The summed E-state index contributed by atoms with van der Waals surface area (Å²) in [7, 11) is 0. The number of hydrogen-bond donors (Lipinski definition) is 2. The molecule has 42 heavy (non-hydrogen) atoms. The van der Waals surface area contributed by atoms with Crippen molar-refractivity contribution in [1.29, 1.82) is 0 Å². The van der Waals surface area contributed by atoms with E-state index >= 15 is 0 Å². The average Bonchev–Trinajstić information content (AvgIpc) is 3.61. The van der Waals surface area contributed by atoms with E-state index in [1.165, 1.54) is 52.3 Å². The standard InChI is InChI=1S/C29H22F4N8O/c30-19-3-1-18(2-4-19)28-27(25-8-6-21(32)13-41(25)39-28)24-9-10-36-26(38-24)12-34-14-29(42,15-40-17-35-16-37-40)22-7-5-20(31)11-23(22)33/h1-11,13,16-17,34,42H,12,14-15H2/t29-/m0/s1. The molecule has 4 heterocycles. The van der Waals surface area contributed by atoms with Crippen LogP contribution >= 0.6 is 0 Å². The van der Waals surface area contributed by atoms with Gasteiger partial charge in [-0.3, -0.25) is 0 Å². The van der Waals surface area contributed by atoms with E-state index in [2.05, 4.69) is 30.5 Å². The van der Waals surface area contributed by atoms with Crippen LogP contribution in [0.25, 0.3) is 28.0 Å². The predicted molar refractivity (Wildman–Crippen MR) is 144 cm³/mol. The lowest BCUT2D eigenvalue weighted by atomic mass is 9.93. The molecule has 2 aromatic carbocycles. The molecular weight excluding hydrogens is 552 g/mol. The van der Waals surface area contributed by atoms with Crippen LogP contribution in [0, 0.1) is 23.3 Å². The van der Waals surface area contributed by atoms with Crippen molar-refractivity contribution in [3.8, 4) is 22.5 Å². The fourth-order valence-electron chi connectivity index (χ4n) is 4.78. The Hall–Kier alpha value is -5.01. The summed E-state index contributed by atoms with van der Waals surface area (Å²) < 4.78 is 58.7. The number of rotatable bonds is 9. The van der Waals surface area contributed by atoms with Gasteiger partial charge in [0, 0.05) is 29.9 Å². The number of nitrogens with one attached hydrogen (secondary N) is 1. The fraction of sp³-hybridized carbons (Fsp3) is 0.138. The molecule has 6 aromatic rings. The summed E-state index contributed by atoms with van der Waals surface area (Å²) in [5, 5.41) is 23.1. The lowest BCUT2D eigenvalue weighted by molar-refractivity contribution is 0.0116. The largest absolute Gasteiger partial charge is 0.382 e. The van der Waals surface area contributed by atoms with Crippen LogP contribution in [0.3, 0.4) is 0 Å². The molecule has 6 rings (SSSR count). The SMILES string of the molecule is O[C@@](CNCc1nccc(-c2c(-c3ccc(F)cc3)nn3cc(F)ccc23)n1)(Cn1cncn1)c1ccc(F)cc1F. The average molecular weight is 575 g/mol. The second-order valence-corrected chi connectivity index (χ2v) is 9.62. The van der Waals surface area contributed by atoms with Gasteiger partial charge in [-0.05, 0) is 48.5 Å². The van der Waals surface area contributed by atoms with E-state index in [1.54, 1.807) is 30.5 Å². The summed E-state index contributed by atoms with van der Waals surface area (Å²) >= 11 is 0. The van der Waals surface area contributed by atoms with E-state index in [9.17, 15) is 22.7 Å². The van der Waals surface area contributed by atoms with Crippen molar-refractivity contribution in [3.63, 3.8) is 0 Å². The summed E-state index contributed by atoms with van der Waals surface area (Å²) in [6.07, 6.45) is 5.44. The van der Waals surface area contributed by atoms with Gasteiger partial charge in [-0.25, -0.2) is 41.7 Å². The van der Waals surface area contributed by atoms with Crippen LogP contribution in [0.1, 0.15) is 11.4 Å². The van der Waals surface area contributed by atoms with Crippen LogP contribution in [0.4, 0.5) is 17.6 Å². The van der Waals surface area contributed by atoms with Gasteiger partial charge >= 0.3 is 0 Å². The maximum Gasteiger partial charge on any atom is 0.142 e. The lowest BCUT2D eigenvalue weighted by Gasteiger charge is -2.29. The number of aliphatic hydroxyl groups is 1. The van der Waals surface area contributed by atoms with Crippen LogP contribution < -0.4 is 5.32 Å². The Balaban J connectivity index is 1.30. The molecule has 0 unspecified atom stereocenters. The van der Waals surface area contributed by atoms with Crippen LogP contribution in [0.5, 0.6) is 0 Å². The van der Waals surface area contributed by atoms with Crippen LogP contribution in [0.15, 0.2) is 85.7 Å². The molecule has 0 aliphatic rings. The van der Waals surface area contributed by atoms with Gasteiger partial charge in [-0.2, -0.15) is 10.2 Å². The maximum atomic E-state index is 14.7. The second-order valence-electron chi connectivity index (χ2n) is 9.62. The molecule has 0 fully saturated rings. The first-order chi connectivity index (χ1) is 20.3. The van der Waals surface area contributed by atoms with Crippen LogP contribution in [-0.2, 0) is 18.7 Å². The number of halogens is 4. The zero-order chi connectivity index (χ0) is 29.3. The molecule has 2 N–H and O–H groups in total. The fourth-order valence-corrected chi connectivity index (χ4v) is 4.78. The van der Waals surface area contributed by atoms with Crippen LogP contribution in [-0.4, -0.2) is 46.0 Å². The molecule has 1 atom stereocenters. The minimum Gasteiger partial charge on any atom is -0.382 e. The molecule has 212 valence electrons. The highest BCUT2D eigenvalue weighted by molar-refractivity contribution is 5.90. The number of pyridine rings is 1. The van der Waals surface area contributed by atoms with Crippen molar-refractivity contribution in [2.45, 2.75) is 18.7 Å². The van der Waals surface area contributed by atoms with E-state index in [-0.39, 0.29) is 25.2 Å².